The molecule has 4 rings (SSSR count). The Morgan fingerprint density at radius 1 is 1.03 bits per heavy atom. The van der Waals surface area contributed by atoms with E-state index in [1.165, 1.54) is 43.2 Å². The smallest absolute Gasteiger partial charge is 0.323 e. The van der Waals surface area contributed by atoms with Gasteiger partial charge in [0.25, 0.3) is 0 Å². The van der Waals surface area contributed by atoms with Gasteiger partial charge in [0.2, 0.25) is 5.91 Å². The van der Waals surface area contributed by atoms with Gasteiger partial charge in [0.05, 0.1) is 19.2 Å². The van der Waals surface area contributed by atoms with E-state index in [4.69, 9.17) is 4.74 Å². The lowest BCUT2D eigenvalue weighted by Gasteiger charge is -2.29. The second kappa shape index (κ2) is 13.2. The minimum absolute atomic E-state index is 0.0323. The molecule has 1 unspecified atom stereocenters. The number of rotatable bonds is 10. The molecule has 2 aromatic rings. The van der Waals surface area contributed by atoms with Crippen LogP contribution in [0.5, 0.6) is 0 Å². The zero-order valence-corrected chi connectivity index (χ0v) is 22.9. The Kier molecular flexibility index (Phi) is 9.79. The Hall–Kier alpha value is -2.66. The molecule has 1 fully saturated rings. The largest absolute Gasteiger partial charge is 0.465 e. The standard InChI is InChI=1S/C32H44N2O3/c1-4-37-32(36)29(20-16-24-10-6-5-7-11-24)33-28-21-19-27-12-8-9-13-30(27)34(31(28)35)22-25-14-17-26(18-15-25)23(2)3/h8-9,12-15,17-18,23-24,28-29,33H,4-7,10-11,16,19-22H2,1-3H3/t28?,29-/m0/s1. The Bertz CT molecular complexity index is 1030. The molecule has 1 heterocycles. The third-order valence-corrected chi connectivity index (χ3v) is 8.10. The number of benzene rings is 2. The number of para-hydroxylation sites is 1. The molecular formula is C32H44N2O3. The van der Waals surface area contributed by atoms with Crippen LogP contribution in [-0.4, -0.2) is 30.6 Å². The highest BCUT2D eigenvalue weighted by molar-refractivity contribution is 5.99. The summed E-state index contributed by atoms with van der Waals surface area (Å²) in [5.41, 5.74) is 4.54. The summed E-state index contributed by atoms with van der Waals surface area (Å²) in [6.45, 7) is 7.08. The number of amides is 1. The van der Waals surface area contributed by atoms with E-state index in [0.717, 1.165) is 30.5 Å². The Morgan fingerprint density at radius 2 is 1.76 bits per heavy atom. The highest BCUT2D eigenvalue weighted by Gasteiger charge is 2.34. The van der Waals surface area contributed by atoms with Crippen molar-refractivity contribution in [2.24, 2.45) is 5.92 Å². The number of nitrogens with zero attached hydrogens (tertiary/aromatic N) is 1. The molecule has 0 saturated heterocycles. The molecule has 0 spiro atoms. The number of carbonyl (C=O) groups excluding carboxylic acids is 2. The van der Waals surface area contributed by atoms with E-state index < -0.39 is 12.1 Å². The molecular weight excluding hydrogens is 460 g/mol. The van der Waals surface area contributed by atoms with Crippen molar-refractivity contribution in [3.8, 4) is 0 Å². The van der Waals surface area contributed by atoms with Crippen LogP contribution in [0.3, 0.4) is 0 Å². The number of hydrogen-bond acceptors (Lipinski definition) is 4. The maximum Gasteiger partial charge on any atom is 0.323 e. The number of fused-ring (bicyclic) bond motifs is 1. The Balaban J connectivity index is 1.53. The molecule has 0 radical (unpaired) electrons. The molecule has 1 aliphatic heterocycles. The predicted octanol–water partition coefficient (Wildman–Crippen LogP) is 6.54. The maximum absolute atomic E-state index is 14.0. The van der Waals surface area contributed by atoms with Gasteiger partial charge in [0, 0.05) is 5.69 Å². The number of aryl methyl sites for hydroxylation is 1. The van der Waals surface area contributed by atoms with E-state index in [1.54, 1.807) is 0 Å². The van der Waals surface area contributed by atoms with Crippen LogP contribution in [0.2, 0.25) is 0 Å². The number of nitrogens with one attached hydrogen (secondary N) is 1. The number of anilines is 1. The summed E-state index contributed by atoms with van der Waals surface area (Å²) in [6.07, 6.45) is 9.57. The maximum atomic E-state index is 14.0. The third kappa shape index (κ3) is 7.22. The van der Waals surface area contributed by atoms with Gasteiger partial charge < -0.3 is 9.64 Å². The molecule has 5 nitrogen and oxygen atoms in total. The minimum atomic E-state index is -0.454. The first-order chi connectivity index (χ1) is 18.0. The van der Waals surface area contributed by atoms with Crippen molar-refractivity contribution in [1.29, 1.82) is 0 Å². The zero-order chi connectivity index (χ0) is 26.2. The first-order valence-corrected chi connectivity index (χ1v) is 14.4. The van der Waals surface area contributed by atoms with E-state index in [9.17, 15) is 9.59 Å². The zero-order valence-electron chi connectivity index (χ0n) is 22.9. The Labute approximate surface area is 223 Å². The third-order valence-electron chi connectivity index (χ3n) is 8.10. The molecule has 200 valence electrons. The van der Waals surface area contributed by atoms with Gasteiger partial charge in [-0.1, -0.05) is 88.4 Å². The predicted molar refractivity (Wildman–Crippen MR) is 150 cm³/mol. The number of ether oxygens (including phenoxy) is 1. The molecule has 2 aromatic carbocycles. The molecule has 0 bridgehead atoms. The van der Waals surface area contributed by atoms with Gasteiger partial charge in [0.15, 0.2) is 0 Å². The fourth-order valence-electron chi connectivity index (χ4n) is 5.86. The van der Waals surface area contributed by atoms with Gasteiger partial charge in [-0.15, -0.1) is 0 Å². The first-order valence-electron chi connectivity index (χ1n) is 14.4. The fraction of sp³-hybridized carbons (Fsp3) is 0.562. The van der Waals surface area contributed by atoms with Crippen molar-refractivity contribution in [3.05, 3.63) is 65.2 Å². The van der Waals surface area contributed by atoms with Crippen LogP contribution in [0.4, 0.5) is 5.69 Å². The number of hydrogen-bond donors (Lipinski definition) is 1. The summed E-state index contributed by atoms with van der Waals surface area (Å²) in [5, 5.41) is 3.48. The quantitative estimate of drug-likeness (QED) is 0.373. The lowest BCUT2D eigenvalue weighted by molar-refractivity contribution is -0.146. The van der Waals surface area contributed by atoms with E-state index >= 15 is 0 Å². The van der Waals surface area contributed by atoms with Gasteiger partial charge in [-0.05, 0) is 67.2 Å². The monoisotopic (exact) mass is 504 g/mol. The lowest BCUT2D eigenvalue weighted by Crippen LogP contribution is -2.52. The van der Waals surface area contributed by atoms with E-state index in [0.29, 0.717) is 31.4 Å². The molecule has 1 amide bonds. The van der Waals surface area contributed by atoms with Crippen molar-refractivity contribution in [2.45, 2.75) is 103 Å². The van der Waals surface area contributed by atoms with Crippen molar-refractivity contribution in [3.63, 3.8) is 0 Å². The molecule has 0 aromatic heterocycles. The number of esters is 1. The molecule has 5 heteroatoms. The van der Waals surface area contributed by atoms with Gasteiger partial charge in [-0.25, -0.2) is 0 Å². The van der Waals surface area contributed by atoms with Crippen LogP contribution < -0.4 is 10.2 Å². The summed E-state index contributed by atoms with van der Waals surface area (Å²) >= 11 is 0. The summed E-state index contributed by atoms with van der Waals surface area (Å²) in [5.74, 6) is 0.942. The molecule has 2 aliphatic rings. The van der Waals surface area contributed by atoms with Crippen LogP contribution >= 0.6 is 0 Å². The molecule has 1 saturated carbocycles. The second-order valence-electron chi connectivity index (χ2n) is 11.1. The van der Waals surface area contributed by atoms with Crippen LogP contribution in [-0.2, 0) is 27.3 Å². The molecule has 37 heavy (non-hydrogen) atoms. The molecule has 2 atom stereocenters. The first kappa shape index (κ1) is 27.4. The SMILES string of the molecule is CCOC(=O)[C@H](CCC1CCCCC1)NC1CCc2ccccc2N(Cc2ccc(C(C)C)cc2)C1=O. The van der Waals surface area contributed by atoms with Crippen LogP contribution in [0.1, 0.15) is 94.7 Å². The summed E-state index contributed by atoms with van der Waals surface area (Å²) < 4.78 is 5.44. The van der Waals surface area contributed by atoms with Crippen LogP contribution in [0.15, 0.2) is 48.5 Å². The van der Waals surface area contributed by atoms with Crippen LogP contribution in [0, 0.1) is 5.92 Å². The number of carbonyl (C=O) groups is 2. The molecule has 1 N–H and O–H groups in total. The van der Waals surface area contributed by atoms with Gasteiger partial charge >= 0.3 is 5.97 Å². The van der Waals surface area contributed by atoms with Crippen LogP contribution in [0.25, 0.3) is 0 Å². The summed E-state index contributed by atoms with van der Waals surface area (Å²) in [7, 11) is 0. The van der Waals surface area contributed by atoms with Crippen molar-refractivity contribution in [1.82, 2.24) is 5.32 Å². The van der Waals surface area contributed by atoms with Gasteiger partial charge in [0.1, 0.15) is 6.04 Å². The van der Waals surface area contributed by atoms with E-state index in [-0.39, 0.29) is 11.9 Å². The molecule has 1 aliphatic carbocycles. The summed E-state index contributed by atoms with van der Waals surface area (Å²) in [6, 6.07) is 15.9. The van der Waals surface area contributed by atoms with Crippen molar-refractivity contribution in [2.75, 3.05) is 11.5 Å². The average Bonchev–Trinajstić information content (AvgIpc) is 3.04. The van der Waals surface area contributed by atoms with Gasteiger partial charge in [-0.3, -0.25) is 14.9 Å². The average molecular weight is 505 g/mol. The van der Waals surface area contributed by atoms with E-state index in [1.807, 2.05) is 30.0 Å². The lowest BCUT2D eigenvalue weighted by atomic mass is 9.85. The minimum Gasteiger partial charge on any atom is -0.465 e. The summed E-state index contributed by atoms with van der Waals surface area (Å²) in [4.78, 5) is 28.9. The van der Waals surface area contributed by atoms with E-state index in [2.05, 4.69) is 49.5 Å². The topological polar surface area (TPSA) is 58.6 Å². The normalized spacial score (nSPS) is 19.4. The highest BCUT2D eigenvalue weighted by Crippen LogP contribution is 2.31. The fourth-order valence-corrected chi connectivity index (χ4v) is 5.86. The second-order valence-corrected chi connectivity index (χ2v) is 11.1. The highest BCUT2D eigenvalue weighted by atomic mass is 16.5. The van der Waals surface area contributed by atoms with Gasteiger partial charge in [-0.2, -0.15) is 0 Å². The Morgan fingerprint density at radius 3 is 2.46 bits per heavy atom. The van der Waals surface area contributed by atoms with Crippen molar-refractivity contribution >= 4 is 17.6 Å². The van der Waals surface area contributed by atoms with Crippen molar-refractivity contribution < 1.29 is 14.3 Å².